The molecule has 1 fully saturated rings. The maximum absolute atomic E-state index is 5.62. The molecule has 0 spiro atoms. The number of ether oxygens (including phenoxy) is 1. The Morgan fingerprint density at radius 3 is 3.18 bits per heavy atom. The SMILES string of the molecule is CN(CC1CCCO1)c1ccnc(C(N)=S)c1. The molecule has 17 heavy (non-hydrogen) atoms. The second-order valence-electron chi connectivity index (χ2n) is 4.28. The molecule has 0 saturated carbocycles. The molecule has 2 N–H and O–H groups in total. The van der Waals surface area contributed by atoms with Crippen molar-refractivity contribution >= 4 is 22.9 Å². The van der Waals surface area contributed by atoms with Crippen molar-refractivity contribution in [1.82, 2.24) is 4.98 Å². The quantitative estimate of drug-likeness (QED) is 0.818. The van der Waals surface area contributed by atoms with E-state index in [9.17, 15) is 0 Å². The average molecular weight is 251 g/mol. The number of pyridine rings is 1. The standard InChI is InChI=1S/C12H17N3OS/c1-15(8-10-3-2-6-16-10)9-4-5-14-11(7-9)12(13)17/h4-5,7,10H,2-3,6,8H2,1H3,(H2,13,17). The normalized spacial score (nSPS) is 19.2. The van der Waals surface area contributed by atoms with E-state index in [0.29, 0.717) is 16.8 Å². The predicted molar refractivity (Wildman–Crippen MR) is 72.4 cm³/mol. The molecule has 1 aliphatic heterocycles. The van der Waals surface area contributed by atoms with Crippen LogP contribution in [0.5, 0.6) is 0 Å². The highest BCUT2D eigenvalue weighted by atomic mass is 32.1. The Bertz CT molecular complexity index is 404. The molecule has 0 aliphatic carbocycles. The van der Waals surface area contributed by atoms with Gasteiger partial charge in [-0.2, -0.15) is 0 Å². The Hall–Kier alpha value is -1.20. The Morgan fingerprint density at radius 1 is 1.71 bits per heavy atom. The highest BCUT2D eigenvalue weighted by molar-refractivity contribution is 7.80. The highest BCUT2D eigenvalue weighted by Gasteiger charge is 2.17. The van der Waals surface area contributed by atoms with Crippen molar-refractivity contribution in [3.05, 3.63) is 24.0 Å². The van der Waals surface area contributed by atoms with Crippen LogP contribution >= 0.6 is 12.2 Å². The molecule has 1 aromatic rings. The molecule has 4 nitrogen and oxygen atoms in total. The minimum Gasteiger partial charge on any atom is -0.388 e. The molecule has 1 atom stereocenters. The number of nitrogens with zero attached hydrogens (tertiary/aromatic N) is 2. The minimum atomic E-state index is 0.331. The highest BCUT2D eigenvalue weighted by Crippen LogP contribution is 2.18. The molecule has 1 aliphatic rings. The molecule has 5 heteroatoms. The fourth-order valence-electron chi connectivity index (χ4n) is 1.99. The van der Waals surface area contributed by atoms with Crippen LogP contribution in [0.4, 0.5) is 5.69 Å². The van der Waals surface area contributed by atoms with Crippen LogP contribution in [0.15, 0.2) is 18.3 Å². The van der Waals surface area contributed by atoms with Crippen LogP contribution in [0.3, 0.4) is 0 Å². The number of hydrogen-bond donors (Lipinski definition) is 1. The van der Waals surface area contributed by atoms with Gasteiger partial charge in [-0.25, -0.2) is 0 Å². The van der Waals surface area contributed by atoms with E-state index in [-0.39, 0.29) is 0 Å². The van der Waals surface area contributed by atoms with Crippen LogP contribution in [0.25, 0.3) is 0 Å². The largest absolute Gasteiger partial charge is 0.388 e. The van der Waals surface area contributed by atoms with Gasteiger partial charge in [-0.15, -0.1) is 0 Å². The lowest BCUT2D eigenvalue weighted by molar-refractivity contribution is 0.116. The molecule has 0 aromatic carbocycles. The fourth-order valence-corrected chi connectivity index (χ4v) is 2.10. The molecule has 92 valence electrons. The summed E-state index contributed by atoms with van der Waals surface area (Å²) < 4.78 is 5.62. The summed E-state index contributed by atoms with van der Waals surface area (Å²) in [7, 11) is 2.04. The van der Waals surface area contributed by atoms with E-state index < -0.39 is 0 Å². The number of hydrogen-bond acceptors (Lipinski definition) is 4. The van der Waals surface area contributed by atoms with Gasteiger partial charge in [-0.1, -0.05) is 12.2 Å². The van der Waals surface area contributed by atoms with Crippen molar-refractivity contribution in [2.45, 2.75) is 18.9 Å². The zero-order chi connectivity index (χ0) is 12.3. The van der Waals surface area contributed by atoms with Crippen molar-refractivity contribution in [2.24, 2.45) is 5.73 Å². The van der Waals surface area contributed by atoms with Gasteiger partial charge in [-0.05, 0) is 25.0 Å². The molecule has 2 heterocycles. The Labute approximate surface area is 107 Å². The van der Waals surface area contributed by atoms with Crippen molar-refractivity contribution in [3.8, 4) is 0 Å². The summed E-state index contributed by atoms with van der Waals surface area (Å²) in [6.07, 6.45) is 4.36. The first-order chi connectivity index (χ1) is 8.16. The van der Waals surface area contributed by atoms with Gasteiger partial charge in [0.2, 0.25) is 0 Å². The van der Waals surface area contributed by atoms with Crippen molar-refractivity contribution in [3.63, 3.8) is 0 Å². The summed E-state index contributed by atoms with van der Waals surface area (Å²) in [6, 6.07) is 3.87. The smallest absolute Gasteiger partial charge is 0.122 e. The van der Waals surface area contributed by atoms with Gasteiger partial charge in [0.25, 0.3) is 0 Å². The summed E-state index contributed by atoms with van der Waals surface area (Å²) in [6.45, 7) is 1.77. The van der Waals surface area contributed by atoms with Gasteiger partial charge in [0, 0.05) is 32.1 Å². The fraction of sp³-hybridized carbons (Fsp3) is 0.500. The topological polar surface area (TPSA) is 51.4 Å². The van der Waals surface area contributed by atoms with Crippen LogP contribution in [0.1, 0.15) is 18.5 Å². The van der Waals surface area contributed by atoms with Gasteiger partial charge in [-0.3, -0.25) is 4.98 Å². The first-order valence-corrected chi connectivity index (χ1v) is 6.16. The number of likely N-dealkylation sites (N-methyl/N-ethyl adjacent to an activating group) is 1. The Balaban J connectivity index is 2.04. The molecule has 1 saturated heterocycles. The summed E-state index contributed by atoms with van der Waals surface area (Å²) >= 11 is 4.92. The van der Waals surface area contributed by atoms with Gasteiger partial charge in [0.05, 0.1) is 11.8 Å². The third kappa shape index (κ3) is 3.14. The first kappa shape index (κ1) is 12.3. The second kappa shape index (κ2) is 5.42. The van der Waals surface area contributed by atoms with Crippen LogP contribution in [-0.4, -0.2) is 36.3 Å². The van der Waals surface area contributed by atoms with Gasteiger partial charge >= 0.3 is 0 Å². The van der Waals surface area contributed by atoms with E-state index >= 15 is 0 Å². The molecule has 0 radical (unpaired) electrons. The van der Waals surface area contributed by atoms with Gasteiger partial charge < -0.3 is 15.4 Å². The third-order valence-corrected chi connectivity index (χ3v) is 3.15. The van der Waals surface area contributed by atoms with Crippen molar-refractivity contribution in [2.75, 3.05) is 25.1 Å². The maximum atomic E-state index is 5.62. The third-order valence-electron chi connectivity index (χ3n) is 2.94. The molecule has 1 aromatic heterocycles. The lowest BCUT2D eigenvalue weighted by Crippen LogP contribution is -2.28. The van der Waals surface area contributed by atoms with Crippen molar-refractivity contribution in [1.29, 1.82) is 0 Å². The van der Waals surface area contributed by atoms with Crippen LogP contribution in [0, 0.1) is 0 Å². The predicted octanol–water partition coefficient (Wildman–Crippen LogP) is 1.33. The summed E-state index contributed by atoms with van der Waals surface area (Å²) in [5.74, 6) is 0. The van der Waals surface area contributed by atoms with E-state index in [1.807, 2.05) is 19.2 Å². The van der Waals surface area contributed by atoms with Crippen molar-refractivity contribution < 1.29 is 4.74 Å². The Kier molecular flexibility index (Phi) is 3.91. The van der Waals surface area contributed by atoms with E-state index in [1.165, 1.54) is 0 Å². The molecular weight excluding hydrogens is 234 g/mol. The zero-order valence-corrected chi connectivity index (χ0v) is 10.7. The summed E-state index contributed by atoms with van der Waals surface area (Å²) in [4.78, 5) is 6.61. The number of rotatable bonds is 4. The van der Waals surface area contributed by atoms with Crippen LogP contribution < -0.4 is 10.6 Å². The molecule has 0 bridgehead atoms. The molecular formula is C12H17N3OS. The molecule has 1 unspecified atom stereocenters. The van der Waals surface area contributed by atoms with Gasteiger partial charge in [0.15, 0.2) is 0 Å². The monoisotopic (exact) mass is 251 g/mol. The van der Waals surface area contributed by atoms with Crippen LogP contribution in [-0.2, 0) is 4.74 Å². The summed E-state index contributed by atoms with van der Waals surface area (Å²) in [5, 5.41) is 0. The lowest BCUT2D eigenvalue weighted by Gasteiger charge is -2.22. The lowest BCUT2D eigenvalue weighted by atomic mass is 10.2. The zero-order valence-electron chi connectivity index (χ0n) is 9.93. The second-order valence-corrected chi connectivity index (χ2v) is 4.72. The van der Waals surface area contributed by atoms with Crippen LogP contribution in [0.2, 0.25) is 0 Å². The Morgan fingerprint density at radius 2 is 2.53 bits per heavy atom. The number of thiocarbonyl (C=S) groups is 1. The maximum Gasteiger partial charge on any atom is 0.122 e. The number of aromatic nitrogens is 1. The number of nitrogens with two attached hydrogens (primary N) is 1. The average Bonchev–Trinajstić information content (AvgIpc) is 2.82. The number of anilines is 1. The first-order valence-electron chi connectivity index (χ1n) is 5.75. The van der Waals surface area contributed by atoms with E-state index in [2.05, 4.69) is 9.88 Å². The molecule has 2 rings (SSSR count). The van der Waals surface area contributed by atoms with E-state index in [1.54, 1.807) is 6.20 Å². The van der Waals surface area contributed by atoms with E-state index in [4.69, 9.17) is 22.7 Å². The molecule has 0 amide bonds. The summed E-state index contributed by atoms with van der Waals surface area (Å²) in [5.41, 5.74) is 7.30. The minimum absolute atomic E-state index is 0.331. The van der Waals surface area contributed by atoms with Gasteiger partial charge in [0.1, 0.15) is 4.99 Å². The van der Waals surface area contributed by atoms with E-state index in [0.717, 1.165) is 31.7 Å².